The number of hydrogen-bond donors (Lipinski definition) is 2. The number of nitrogens with one attached hydrogen (secondary N) is 2. The van der Waals surface area contributed by atoms with Gasteiger partial charge < -0.3 is 15.1 Å². The molecule has 0 amide bonds. The van der Waals surface area contributed by atoms with Gasteiger partial charge in [-0.15, -0.1) is 0 Å². The monoisotopic (exact) mass is 232 g/mol. The van der Waals surface area contributed by atoms with E-state index in [-0.39, 0.29) is 0 Å². The lowest BCUT2D eigenvalue weighted by molar-refractivity contribution is 0.479. The largest absolute Gasteiger partial charge is 0.444 e. The first-order valence-corrected chi connectivity index (χ1v) is 5.64. The number of aromatic nitrogens is 2. The van der Waals surface area contributed by atoms with Crippen LogP contribution in [0.25, 0.3) is 0 Å². The third-order valence-corrected chi connectivity index (χ3v) is 2.20. The summed E-state index contributed by atoms with van der Waals surface area (Å²) in [5, 5.41) is 6.33. The summed E-state index contributed by atoms with van der Waals surface area (Å²) in [5.74, 6) is 3.15. The topological polar surface area (TPSA) is 63.0 Å². The van der Waals surface area contributed by atoms with Crippen LogP contribution in [0.5, 0.6) is 0 Å². The van der Waals surface area contributed by atoms with E-state index in [9.17, 15) is 0 Å². The van der Waals surface area contributed by atoms with Crippen LogP contribution in [0.15, 0.2) is 28.8 Å². The molecule has 2 N–H and O–H groups in total. The van der Waals surface area contributed by atoms with Crippen molar-refractivity contribution in [1.29, 1.82) is 0 Å². The molecule has 5 nitrogen and oxygen atoms in total. The molecular weight excluding hydrogens is 216 g/mol. The number of aryl methyl sites for hydroxylation is 1. The number of pyridine rings is 1. The summed E-state index contributed by atoms with van der Waals surface area (Å²) in [5.41, 5.74) is 0. The van der Waals surface area contributed by atoms with Crippen molar-refractivity contribution in [3.63, 3.8) is 0 Å². The quantitative estimate of drug-likeness (QED) is 0.829. The van der Waals surface area contributed by atoms with Crippen LogP contribution < -0.4 is 10.6 Å². The fourth-order valence-electron chi connectivity index (χ4n) is 1.46. The Hall–Kier alpha value is -2.04. The Balaban J connectivity index is 1.96. The molecule has 90 valence electrons. The molecule has 0 aliphatic rings. The highest BCUT2D eigenvalue weighted by molar-refractivity contribution is 5.44. The van der Waals surface area contributed by atoms with Crippen molar-refractivity contribution in [2.24, 2.45) is 0 Å². The number of hydrogen-bond acceptors (Lipinski definition) is 5. The van der Waals surface area contributed by atoms with Gasteiger partial charge in [0.2, 0.25) is 5.89 Å². The number of rotatable bonds is 5. The van der Waals surface area contributed by atoms with Crippen molar-refractivity contribution >= 4 is 11.6 Å². The van der Waals surface area contributed by atoms with Gasteiger partial charge in [-0.05, 0) is 26.0 Å². The van der Waals surface area contributed by atoms with Gasteiger partial charge >= 0.3 is 0 Å². The number of oxazole rings is 1. The molecule has 0 atom stereocenters. The van der Waals surface area contributed by atoms with Crippen LogP contribution in [0.4, 0.5) is 11.6 Å². The summed E-state index contributed by atoms with van der Waals surface area (Å²) >= 11 is 0. The second-order valence-electron chi connectivity index (χ2n) is 3.66. The fourth-order valence-corrected chi connectivity index (χ4v) is 1.46. The van der Waals surface area contributed by atoms with Crippen LogP contribution in [0, 0.1) is 6.92 Å². The molecule has 0 saturated carbocycles. The second kappa shape index (κ2) is 5.34. The maximum absolute atomic E-state index is 5.37. The number of nitrogens with zero attached hydrogens (tertiary/aromatic N) is 2. The lowest BCUT2D eigenvalue weighted by atomic mass is 10.4. The molecule has 0 aromatic carbocycles. The van der Waals surface area contributed by atoms with Crippen LogP contribution in [-0.4, -0.2) is 16.5 Å². The van der Waals surface area contributed by atoms with E-state index in [4.69, 9.17) is 4.42 Å². The zero-order valence-electron chi connectivity index (χ0n) is 10.0. The van der Waals surface area contributed by atoms with E-state index in [1.807, 2.05) is 32.0 Å². The van der Waals surface area contributed by atoms with Gasteiger partial charge in [-0.1, -0.05) is 6.07 Å². The molecular formula is C12H16N4O. The molecule has 2 aromatic rings. The zero-order valence-corrected chi connectivity index (χ0v) is 10.0. The minimum Gasteiger partial charge on any atom is -0.444 e. The summed E-state index contributed by atoms with van der Waals surface area (Å²) in [6.07, 6.45) is 1.71. The van der Waals surface area contributed by atoms with Crippen molar-refractivity contribution in [2.75, 3.05) is 17.2 Å². The van der Waals surface area contributed by atoms with Gasteiger partial charge in [0.05, 0.1) is 12.7 Å². The van der Waals surface area contributed by atoms with Crippen LogP contribution in [0.2, 0.25) is 0 Å². The third kappa shape index (κ3) is 3.21. The standard InChI is InChI=1S/C12H16N4O/c1-3-13-10-5-4-6-11(16-10)14-8-12-15-7-9(2)17-12/h4-7H,3,8H2,1-2H3,(H2,13,14,16). The molecule has 2 heterocycles. The van der Waals surface area contributed by atoms with Crippen molar-refractivity contribution < 1.29 is 4.42 Å². The lowest BCUT2D eigenvalue weighted by Gasteiger charge is -2.06. The first-order chi connectivity index (χ1) is 8.28. The highest BCUT2D eigenvalue weighted by Crippen LogP contribution is 2.10. The number of anilines is 2. The molecule has 2 rings (SSSR count). The average molecular weight is 232 g/mol. The SMILES string of the molecule is CCNc1cccc(NCc2ncc(C)o2)n1. The van der Waals surface area contributed by atoms with Gasteiger partial charge in [0.25, 0.3) is 0 Å². The molecule has 0 spiro atoms. The zero-order chi connectivity index (χ0) is 12.1. The lowest BCUT2D eigenvalue weighted by Crippen LogP contribution is -2.04. The van der Waals surface area contributed by atoms with Crippen LogP contribution in [-0.2, 0) is 6.54 Å². The summed E-state index contributed by atoms with van der Waals surface area (Å²) in [6, 6.07) is 5.80. The van der Waals surface area contributed by atoms with Crippen LogP contribution >= 0.6 is 0 Å². The molecule has 0 aliphatic carbocycles. The van der Waals surface area contributed by atoms with E-state index in [1.54, 1.807) is 6.20 Å². The first-order valence-electron chi connectivity index (χ1n) is 5.64. The third-order valence-electron chi connectivity index (χ3n) is 2.20. The Morgan fingerprint density at radius 1 is 1.24 bits per heavy atom. The van der Waals surface area contributed by atoms with Gasteiger partial charge in [-0.2, -0.15) is 0 Å². The van der Waals surface area contributed by atoms with E-state index in [2.05, 4.69) is 20.6 Å². The Morgan fingerprint density at radius 3 is 2.65 bits per heavy atom. The molecule has 2 aromatic heterocycles. The highest BCUT2D eigenvalue weighted by Gasteiger charge is 2.01. The fraction of sp³-hybridized carbons (Fsp3) is 0.333. The first kappa shape index (κ1) is 11.4. The average Bonchev–Trinajstić information content (AvgIpc) is 2.74. The highest BCUT2D eigenvalue weighted by atomic mass is 16.4. The maximum Gasteiger partial charge on any atom is 0.213 e. The van der Waals surface area contributed by atoms with E-state index in [1.165, 1.54) is 0 Å². The minimum absolute atomic E-state index is 0.538. The minimum atomic E-state index is 0.538. The Morgan fingerprint density at radius 2 is 2.00 bits per heavy atom. The second-order valence-corrected chi connectivity index (χ2v) is 3.66. The molecule has 5 heteroatoms. The van der Waals surface area contributed by atoms with Gasteiger partial charge in [0.1, 0.15) is 17.4 Å². The maximum atomic E-state index is 5.37. The summed E-state index contributed by atoms with van der Waals surface area (Å²) in [7, 11) is 0. The Labute approximate surface area is 100 Å². The van der Waals surface area contributed by atoms with Crippen LogP contribution in [0.3, 0.4) is 0 Å². The molecule has 0 saturated heterocycles. The Bertz CT molecular complexity index is 481. The molecule has 0 bridgehead atoms. The Kier molecular flexibility index (Phi) is 3.59. The summed E-state index contributed by atoms with van der Waals surface area (Å²) < 4.78 is 5.37. The molecule has 0 aliphatic heterocycles. The van der Waals surface area contributed by atoms with Crippen molar-refractivity contribution in [3.8, 4) is 0 Å². The summed E-state index contributed by atoms with van der Waals surface area (Å²) in [4.78, 5) is 8.51. The smallest absolute Gasteiger partial charge is 0.213 e. The van der Waals surface area contributed by atoms with E-state index in [0.29, 0.717) is 12.4 Å². The molecule has 0 fully saturated rings. The van der Waals surface area contributed by atoms with Gasteiger partial charge in [0.15, 0.2) is 0 Å². The molecule has 0 radical (unpaired) electrons. The van der Waals surface area contributed by atoms with E-state index in [0.717, 1.165) is 23.9 Å². The molecule has 0 unspecified atom stereocenters. The van der Waals surface area contributed by atoms with Crippen molar-refractivity contribution in [3.05, 3.63) is 36.0 Å². The van der Waals surface area contributed by atoms with Crippen LogP contribution in [0.1, 0.15) is 18.6 Å². The van der Waals surface area contributed by atoms with E-state index < -0.39 is 0 Å². The van der Waals surface area contributed by atoms with E-state index >= 15 is 0 Å². The molecule has 17 heavy (non-hydrogen) atoms. The predicted molar refractivity (Wildman–Crippen MR) is 67.0 cm³/mol. The van der Waals surface area contributed by atoms with Gasteiger partial charge in [-0.25, -0.2) is 9.97 Å². The summed E-state index contributed by atoms with van der Waals surface area (Å²) in [6.45, 7) is 5.31. The van der Waals surface area contributed by atoms with Crippen molar-refractivity contribution in [2.45, 2.75) is 20.4 Å². The van der Waals surface area contributed by atoms with Crippen molar-refractivity contribution in [1.82, 2.24) is 9.97 Å². The van der Waals surface area contributed by atoms with Gasteiger partial charge in [0, 0.05) is 6.54 Å². The van der Waals surface area contributed by atoms with Gasteiger partial charge in [-0.3, -0.25) is 0 Å². The predicted octanol–water partition coefficient (Wildman–Crippen LogP) is 2.42. The normalized spacial score (nSPS) is 10.2.